The molecule has 0 amide bonds. The van der Waals surface area contributed by atoms with Crippen molar-refractivity contribution in [3.8, 4) is 0 Å². The molecule has 0 aliphatic heterocycles. The molecule has 2 aromatic carbocycles. The predicted molar refractivity (Wildman–Crippen MR) is 83.3 cm³/mol. The van der Waals surface area contributed by atoms with Crippen molar-refractivity contribution in [1.82, 2.24) is 0 Å². The molecule has 0 heterocycles. The number of carboxylic acid groups (broad SMARTS) is 1. The van der Waals surface area contributed by atoms with Crippen molar-refractivity contribution in [2.75, 3.05) is 0 Å². The van der Waals surface area contributed by atoms with Crippen LogP contribution < -0.4 is 0 Å². The van der Waals surface area contributed by atoms with Crippen molar-refractivity contribution in [3.05, 3.63) is 76.9 Å². The molecule has 4 nitrogen and oxygen atoms in total. The van der Waals surface area contributed by atoms with Crippen molar-refractivity contribution in [3.63, 3.8) is 0 Å². The number of carbonyl (C=O) groups excluding carboxylic acids is 1. The molecule has 0 fully saturated rings. The number of ether oxygens (including phenoxy) is 1. The van der Waals surface area contributed by atoms with Gasteiger partial charge in [-0.25, -0.2) is 9.59 Å². The third-order valence-electron chi connectivity index (χ3n) is 3.08. The quantitative estimate of drug-likeness (QED) is 0.677. The zero-order chi connectivity index (χ0) is 15.9. The summed E-state index contributed by atoms with van der Waals surface area (Å²) < 4.78 is 5.22. The maximum Gasteiger partial charge on any atom is 0.338 e. The Balaban J connectivity index is 1.99. The van der Waals surface area contributed by atoms with Crippen LogP contribution in [0.4, 0.5) is 0 Å². The van der Waals surface area contributed by atoms with Crippen LogP contribution in [0.15, 0.2) is 60.2 Å². The van der Waals surface area contributed by atoms with E-state index in [0.29, 0.717) is 5.56 Å². The van der Waals surface area contributed by atoms with Gasteiger partial charge < -0.3 is 9.84 Å². The lowest BCUT2D eigenvalue weighted by Crippen LogP contribution is -2.05. The number of aliphatic carboxylic acids is 1. The van der Waals surface area contributed by atoms with Crippen molar-refractivity contribution in [1.29, 1.82) is 0 Å². The van der Waals surface area contributed by atoms with Crippen LogP contribution in [0.2, 0.25) is 0 Å². The van der Waals surface area contributed by atoms with E-state index in [1.54, 1.807) is 30.3 Å². The normalized spacial score (nSPS) is 11.0. The van der Waals surface area contributed by atoms with E-state index in [-0.39, 0.29) is 12.2 Å². The summed E-state index contributed by atoms with van der Waals surface area (Å²) in [6, 6.07) is 16.0. The van der Waals surface area contributed by atoms with E-state index in [9.17, 15) is 9.59 Å². The Hall–Kier alpha value is -2.88. The van der Waals surface area contributed by atoms with Gasteiger partial charge in [-0.05, 0) is 36.3 Å². The second-order valence-electron chi connectivity index (χ2n) is 4.82. The lowest BCUT2D eigenvalue weighted by atomic mass is 10.1. The van der Waals surface area contributed by atoms with Gasteiger partial charge in [0.2, 0.25) is 0 Å². The van der Waals surface area contributed by atoms with Crippen LogP contribution in [0.5, 0.6) is 0 Å². The van der Waals surface area contributed by atoms with E-state index in [4.69, 9.17) is 9.84 Å². The smallest absolute Gasteiger partial charge is 0.338 e. The Morgan fingerprint density at radius 3 is 2.27 bits per heavy atom. The topological polar surface area (TPSA) is 63.6 Å². The van der Waals surface area contributed by atoms with Crippen LogP contribution >= 0.6 is 0 Å². The minimum atomic E-state index is -0.966. The number of benzene rings is 2. The van der Waals surface area contributed by atoms with Crippen molar-refractivity contribution in [2.24, 2.45) is 0 Å². The maximum absolute atomic E-state index is 11.9. The van der Waals surface area contributed by atoms with E-state index < -0.39 is 11.9 Å². The van der Waals surface area contributed by atoms with Crippen LogP contribution in [-0.2, 0) is 16.1 Å². The van der Waals surface area contributed by atoms with Gasteiger partial charge in [-0.2, -0.15) is 0 Å². The summed E-state index contributed by atoms with van der Waals surface area (Å²) in [4.78, 5) is 22.7. The van der Waals surface area contributed by atoms with Gasteiger partial charge in [-0.15, -0.1) is 0 Å². The third-order valence-corrected chi connectivity index (χ3v) is 3.08. The van der Waals surface area contributed by atoms with Gasteiger partial charge in [0.1, 0.15) is 6.61 Å². The second-order valence-corrected chi connectivity index (χ2v) is 4.82. The third kappa shape index (κ3) is 4.31. The molecule has 0 saturated carbocycles. The van der Waals surface area contributed by atoms with E-state index in [0.717, 1.165) is 11.1 Å². The van der Waals surface area contributed by atoms with E-state index in [1.165, 1.54) is 6.92 Å². The van der Waals surface area contributed by atoms with Crippen LogP contribution in [0.25, 0.3) is 6.08 Å². The van der Waals surface area contributed by atoms with Gasteiger partial charge in [-0.1, -0.05) is 42.5 Å². The number of esters is 1. The number of hydrogen-bond donors (Lipinski definition) is 1. The molecular weight excluding hydrogens is 280 g/mol. The van der Waals surface area contributed by atoms with Gasteiger partial charge in [0.15, 0.2) is 0 Å². The summed E-state index contributed by atoms with van der Waals surface area (Å²) in [6.07, 6.45) is 1.54. The molecule has 0 unspecified atom stereocenters. The number of carboxylic acids is 1. The first kappa shape index (κ1) is 15.5. The molecule has 22 heavy (non-hydrogen) atoms. The average molecular weight is 296 g/mol. The van der Waals surface area contributed by atoms with Gasteiger partial charge in [0.05, 0.1) is 5.56 Å². The summed E-state index contributed by atoms with van der Waals surface area (Å²) in [7, 11) is 0. The highest BCUT2D eigenvalue weighted by molar-refractivity contribution is 5.92. The molecule has 1 N–H and O–H groups in total. The second kappa shape index (κ2) is 7.22. The molecule has 0 saturated heterocycles. The van der Waals surface area contributed by atoms with E-state index >= 15 is 0 Å². The SMILES string of the molecule is CC(=Cc1ccc(C(=O)OCc2ccccc2)cc1)C(=O)O. The minimum absolute atomic E-state index is 0.222. The Bertz CT molecular complexity index is 685. The molecule has 2 aromatic rings. The first-order chi connectivity index (χ1) is 10.6. The Morgan fingerprint density at radius 2 is 1.68 bits per heavy atom. The molecule has 4 heteroatoms. The fourth-order valence-electron chi connectivity index (χ4n) is 1.83. The van der Waals surface area contributed by atoms with Crippen LogP contribution in [-0.4, -0.2) is 17.0 Å². The maximum atomic E-state index is 11.9. The molecule has 0 radical (unpaired) electrons. The number of hydrogen-bond acceptors (Lipinski definition) is 3. The fourth-order valence-corrected chi connectivity index (χ4v) is 1.83. The molecule has 112 valence electrons. The summed E-state index contributed by atoms with van der Waals surface area (Å²) >= 11 is 0. The first-order valence-electron chi connectivity index (χ1n) is 6.79. The van der Waals surface area contributed by atoms with Gasteiger partial charge in [0.25, 0.3) is 0 Å². The number of carbonyl (C=O) groups is 2. The summed E-state index contributed by atoms with van der Waals surface area (Å²) in [6.45, 7) is 1.74. The van der Waals surface area contributed by atoms with Crippen LogP contribution in [0.3, 0.4) is 0 Å². The number of rotatable bonds is 5. The standard InChI is InChI=1S/C18H16O4/c1-13(17(19)20)11-14-7-9-16(10-8-14)18(21)22-12-15-5-3-2-4-6-15/h2-11H,12H2,1H3,(H,19,20). The van der Waals surface area contributed by atoms with Gasteiger partial charge >= 0.3 is 11.9 Å². The Labute approximate surface area is 128 Å². The van der Waals surface area contributed by atoms with E-state index in [2.05, 4.69) is 0 Å². The van der Waals surface area contributed by atoms with E-state index in [1.807, 2.05) is 30.3 Å². The summed E-state index contributed by atoms with van der Waals surface area (Å²) in [5, 5.41) is 8.82. The molecule has 0 spiro atoms. The molecule has 0 bridgehead atoms. The zero-order valence-electron chi connectivity index (χ0n) is 12.2. The first-order valence-corrected chi connectivity index (χ1v) is 6.79. The van der Waals surface area contributed by atoms with Crippen LogP contribution in [0.1, 0.15) is 28.4 Å². The van der Waals surface area contributed by atoms with Crippen molar-refractivity contribution in [2.45, 2.75) is 13.5 Å². The highest BCUT2D eigenvalue weighted by Crippen LogP contribution is 2.11. The average Bonchev–Trinajstić information content (AvgIpc) is 2.54. The largest absolute Gasteiger partial charge is 0.478 e. The molecule has 0 aliphatic rings. The summed E-state index contributed by atoms with van der Waals surface area (Å²) in [5.41, 5.74) is 2.31. The molecular formula is C18H16O4. The monoisotopic (exact) mass is 296 g/mol. The summed E-state index contributed by atoms with van der Waals surface area (Å²) in [5.74, 6) is -1.37. The lowest BCUT2D eigenvalue weighted by molar-refractivity contribution is -0.132. The highest BCUT2D eigenvalue weighted by atomic mass is 16.5. The Kier molecular flexibility index (Phi) is 5.09. The molecule has 2 rings (SSSR count). The Morgan fingerprint density at radius 1 is 1.05 bits per heavy atom. The highest BCUT2D eigenvalue weighted by Gasteiger charge is 2.07. The van der Waals surface area contributed by atoms with Crippen molar-refractivity contribution < 1.29 is 19.4 Å². The zero-order valence-corrected chi connectivity index (χ0v) is 12.2. The molecule has 0 atom stereocenters. The molecule has 0 aromatic heterocycles. The predicted octanol–water partition coefficient (Wildman–Crippen LogP) is 3.53. The minimum Gasteiger partial charge on any atom is -0.478 e. The molecule has 0 aliphatic carbocycles. The van der Waals surface area contributed by atoms with Crippen LogP contribution in [0, 0.1) is 0 Å². The lowest BCUT2D eigenvalue weighted by Gasteiger charge is -2.05. The van der Waals surface area contributed by atoms with Gasteiger partial charge in [-0.3, -0.25) is 0 Å². The van der Waals surface area contributed by atoms with Gasteiger partial charge in [0, 0.05) is 5.57 Å². The fraction of sp³-hybridized carbons (Fsp3) is 0.111. The van der Waals surface area contributed by atoms with Crippen molar-refractivity contribution >= 4 is 18.0 Å².